The van der Waals surface area contributed by atoms with Crippen molar-refractivity contribution in [3.05, 3.63) is 60.2 Å². The summed E-state index contributed by atoms with van der Waals surface area (Å²) in [6.45, 7) is 2.40. The van der Waals surface area contributed by atoms with Crippen LogP contribution in [0.3, 0.4) is 0 Å². The van der Waals surface area contributed by atoms with E-state index in [1.165, 1.54) is 0 Å². The van der Waals surface area contributed by atoms with Gasteiger partial charge in [-0.05, 0) is 17.7 Å². The monoisotopic (exact) mass is 297 g/mol. The fourth-order valence-electron chi connectivity index (χ4n) is 2.34. The molecule has 4 nitrogen and oxygen atoms in total. The first kappa shape index (κ1) is 15.9. The molecule has 2 rings (SSSR count). The summed E-state index contributed by atoms with van der Waals surface area (Å²) >= 11 is 0. The topological polar surface area (TPSA) is 66.4 Å². The number of rotatable bonds is 7. The highest BCUT2D eigenvalue weighted by molar-refractivity contribution is 6.02. The van der Waals surface area contributed by atoms with Crippen LogP contribution in [0.15, 0.2) is 54.6 Å². The Hall–Kier alpha value is -2.46. The van der Waals surface area contributed by atoms with Crippen LogP contribution in [0.5, 0.6) is 0 Å². The van der Waals surface area contributed by atoms with Gasteiger partial charge in [-0.15, -0.1) is 0 Å². The average Bonchev–Trinajstić information content (AvgIpc) is 2.54. The summed E-state index contributed by atoms with van der Waals surface area (Å²) in [5, 5.41) is 11.8. The molecule has 0 amide bonds. The van der Waals surface area contributed by atoms with Crippen molar-refractivity contribution in [3.63, 3.8) is 0 Å². The third-order valence-corrected chi connectivity index (χ3v) is 3.42. The molecule has 2 N–H and O–H groups in total. The van der Waals surface area contributed by atoms with Crippen LogP contribution in [-0.2, 0) is 4.79 Å². The fourth-order valence-corrected chi connectivity index (χ4v) is 2.34. The predicted octanol–water partition coefficient (Wildman–Crippen LogP) is 2.99. The molecule has 0 aliphatic heterocycles. The van der Waals surface area contributed by atoms with Gasteiger partial charge in [-0.25, -0.2) is 0 Å². The number of benzene rings is 2. The smallest absolute Gasteiger partial charge is 0.305 e. The van der Waals surface area contributed by atoms with Crippen LogP contribution in [0, 0.1) is 0 Å². The Kier molecular flexibility index (Phi) is 5.44. The molecule has 0 aliphatic carbocycles. The van der Waals surface area contributed by atoms with E-state index in [2.05, 4.69) is 5.32 Å². The molecule has 0 aliphatic rings. The van der Waals surface area contributed by atoms with Crippen molar-refractivity contribution in [1.82, 2.24) is 5.32 Å². The number of nitrogens with one attached hydrogen (secondary N) is 1. The first-order chi connectivity index (χ1) is 10.6. The van der Waals surface area contributed by atoms with Gasteiger partial charge in [0, 0.05) is 5.56 Å². The number of carboxylic acids is 1. The minimum atomic E-state index is -0.986. The Morgan fingerprint density at radius 1 is 1.00 bits per heavy atom. The third kappa shape index (κ3) is 4.02. The highest BCUT2D eigenvalue weighted by atomic mass is 16.4. The second kappa shape index (κ2) is 7.52. The fraction of sp³-hybridized carbons (Fsp3) is 0.222. The lowest BCUT2D eigenvalue weighted by Gasteiger charge is -2.14. The molecule has 0 heterocycles. The van der Waals surface area contributed by atoms with Gasteiger partial charge in [0.15, 0.2) is 5.78 Å². The molecule has 114 valence electrons. The second-order valence-corrected chi connectivity index (χ2v) is 5.02. The Balaban J connectivity index is 2.18. The summed E-state index contributed by atoms with van der Waals surface area (Å²) < 4.78 is 0. The molecule has 0 saturated heterocycles. The molecule has 4 heteroatoms. The highest BCUT2D eigenvalue weighted by Gasteiger charge is 2.21. The molecular weight excluding hydrogens is 278 g/mol. The Morgan fingerprint density at radius 3 is 2.14 bits per heavy atom. The summed E-state index contributed by atoms with van der Waals surface area (Å²) in [5.74, 6) is -1.18. The Morgan fingerprint density at radius 2 is 1.59 bits per heavy atom. The lowest BCUT2D eigenvalue weighted by atomic mass is 9.98. The Bertz CT molecular complexity index is 635. The molecule has 0 aromatic heterocycles. The number of Topliss-reactive ketones (excluding diaryl/α,β-unsaturated/α-hetero) is 1. The van der Waals surface area contributed by atoms with Crippen molar-refractivity contribution in [2.45, 2.75) is 19.4 Å². The number of carbonyl (C=O) groups excluding carboxylic acids is 1. The average molecular weight is 297 g/mol. The zero-order valence-corrected chi connectivity index (χ0v) is 12.5. The number of carbonyl (C=O) groups is 2. The standard InChI is InChI=1S/C18H19NO3/c1-2-19-16(12-17(20)21)18(22)15-10-8-14(9-11-15)13-6-4-3-5-7-13/h3-11,16,19H,2,12H2,1H3,(H,20,21). The number of ketones is 1. The van der Waals surface area contributed by atoms with E-state index < -0.39 is 12.0 Å². The van der Waals surface area contributed by atoms with E-state index >= 15 is 0 Å². The van der Waals surface area contributed by atoms with E-state index in [0.717, 1.165) is 11.1 Å². The van der Waals surface area contributed by atoms with Crippen LogP contribution in [0.1, 0.15) is 23.7 Å². The molecule has 0 radical (unpaired) electrons. The summed E-state index contributed by atoms with van der Waals surface area (Å²) in [6, 6.07) is 16.4. The van der Waals surface area contributed by atoms with Gasteiger partial charge >= 0.3 is 5.97 Å². The number of hydrogen-bond acceptors (Lipinski definition) is 3. The second-order valence-electron chi connectivity index (χ2n) is 5.02. The van der Waals surface area contributed by atoms with Crippen LogP contribution in [0.2, 0.25) is 0 Å². The molecule has 0 spiro atoms. The van der Waals surface area contributed by atoms with E-state index in [9.17, 15) is 9.59 Å². The van der Waals surface area contributed by atoms with Crippen LogP contribution >= 0.6 is 0 Å². The quantitative estimate of drug-likeness (QED) is 0.771. The van der Waals surface area contributed by atoms with Crippen molar-refractivity contribution in [2.24, 2.45) is 0 Å². The highest BCUT2D eigenvalue weighted by Crippen LogP contribution is 2.20. The molecular formula is C18H19NO3. The van der Waals surface area contributed by atoms with Crippen molar-refractivity contribution >= 4 is 11.8 Å². The lowest BCUT2D eigenvalue weighted by Crippen LogP contribution is -2.38. The SMILES string of the molecule is CCNC(CC(=O)O)C(=O)c1ccc(-c2ccccc2)cc1. The minimum Gasteiger partial charge on any atom is -0.481 e. The minimum absolute atomic E-state index is 0.191. The molecule has 22 heavy (non-hydrogen) atoms. The summed E-state index contributed by atoms with van der Waals surface area (Å²) in [7, 11) is 0. The summed E-state index contributed by atoms with van der Waals surface area (Å²) in [4.78, 5) is 23.3. The van der Waals surface area contributed by atoms with Crippen LogP contribution in [-0.4, -0.2) is 29.4 Å². The van der Waals surface area contributed by atoms with E-state index in [0.29, 0.717) is 12.1 Å². The van der Waals surface area contributed by atoms with Crippen molar-refractivity contribution in [3.8, 4) is 11.1 Å². The zero-order chi connectivity index (χ0) is 15.9. The molecule has 2 aromatic rings. The molecule has 2 aromatic carbocycles. The number of carboxylic acid groups (broad SMARTS) is 1. The molecule has 0 fully saturated rings. The third-order valence-electron chi connectivity index (χ3n) is 3.42. The maximum atomic E-state index is 12.4. The normalized spacial score (nSPS) is 11.9. The predicted molar refractivity (Wildman–Crippen MR) is 85.9 cm³/mol. The summed E-state index contributed by atoms with van der Waals surface area (Å²) in [5.41, 5.74) is 2.62. The summed E-state index contributed by atoms with van der Waals surface area (Å²) in [6.07, 6.45) is -0.215. The lowest BCUT2D eigenvalue weighted by molar-refractivity contribution is -0.137. The van der Waals surface area contributed by atoms with E-state index in [-0.39, 0.29) is 12.2 Å². The first-order valence-electron chi connectivity index (χ1n) is 7.26. The number of aliphatic carboxylic acids is 1. The van der Waals surface area contributed by atoms with Crippen LogP contribution in [0.25, 0.3) is 11.1 Å². The van der Waals surface area contributed by atoms with Gasteiger partial charge in [-0.2, -0.15) is 0 Å². The van der Waals surface area contributed by atoms with Gasteiger partial charge in [-0.1, -0.05) is 61.5 Å². The molecule has 1 unspecified atom stereocenters. The van der Waals surface area contributed by atoms with Gasteiger partial charge in [0.25, 0.3) is 0 Å². The number of likely N-dealkylation sites (N-methyl/N-ethyl adjacent to an activating group) is 1. The molecule has 1 atom stereocenters. The first-order valence-corrected chi connectivity index (χ1v) is 7.26. The van der Waals surface area contributed by atoms with E-state index in [1.807, 2.05) is 49.4 Å². The van der Waals surface area contributed by atoms with E-state index in [1.54, 1.807) is 12.1 Å². The molecule has 0 saturated carbocycles. The van der Waals surface area contributed by atoms with E-state index in [4.69, 9.17) is 5.11 Å². The van der Waals surface area contributed by atoms with Crippen molar-refractivity contribution in [1.29, 1.82) is 0 Å². The number of hydrogen-bond donors (Lipinski definition) is 2. The van der Waals surface area contributed by atoms with Gasteiger partial charge in [0.05, 0.1) is 12.5 Å². The maximum Gasteiger partial charge on any atom is 0.305 e. The van der Waals surface area contributed by atoms with Gasteiger partial charge < -0.3 is 10.4 Å². The van der Waals surface area contributed by atoms with Crippen LogP contribution < -0.4 is 5.32 Å². The van der Waals surface area contributed by atoms with Crippen LogP contribution in [0.4, 0.5) is 0 Å². The molecule has 0 bridgehead atoms. The van der Waals surface area contributed by atoms with Gasteiger partial charge in [-0.3, -0.25) is 9.59 Å². The Labute approximate surface area is 129 Å². The van der Waals surface area contributed by atoms with Gasteiger partial charge in [0.1, 0.15) is 0 Å². The zero-order valence-electron chi connectivity index (χ0n) is 12.5. The largest absolute Gasteiger partial charge is 0.481 e. The van der Waals surface area contributed by atoms with Crippen molar-refractivity contribution in [2.75, 3.05) is 6.54 Å². The van der Waals surface area contributed by atoms with Crippen molar-refractivity contribution < 1.29 is 14.7 Å². The maximum absolute atomic E-state index is 12.4. The van der Waals surface area contributed by atoms with Gasteiger partial charge in [0.2, 0.25) is 0 Å².